The van der Waals surface area contributed by atoms with E-state index in [0.29, 0.717) is 44.9 Å². The Bertz CT molecular complexity index is 1770. The summed E-state index contributed by atoms with van der Waals surface area (Å²) in [5.74, 6) is 2.54. The van der Waals surface area contributed by atoms with Crippen LogP contribution in [0.15, 0.2) is 81.0 Å². The number of aromatic nitrogens is 2. The zero-order chi connectivity index (χ0) is 27.7. The minimum absolute atomic E-state index is 0.206. The molecule has 2 heterocycles. The van der Waals surface area contributed by atoms with E-state index in [4.69, 9.17) is 37.3 Å². The maximum Gasteiger partial charge on any atom is 0.282 e. The van der Waals surface area contributed by atoms with Gasteiger partial charge in [-0.05, 0) is 85.5 Å². The molecule has 5 rings (SSSR count). The third-order valence-corrected chi connectivity index (χ3v) is 7.14. The Morgan fingerprint density at radius 3 is 2.59 bits per heavy atom. The number of halogens is 2. The third kappa shape index (κ3) is 5.35. The fraction of sp³-hybridized carbons (Fsp3) is 0.194. The average Bonchev–Trinajstić information content (AvgIpc) is 3.39. The molecule has 0 bridgehead atoms. The van der Waals surface area contributed by atoms with E-state index in [-0.39, 0.29) is 11.5 Å². The molecule has 5 aromatic rings. The maximum absolute atomic E-state index is 13.7. The van der Waals surface area contributed by atoms with E-state index >= 15 is 0 Å². The summed E-state index contributed by atoms with van der Waals surface area (Å²) in [5, 5.41) is 5.94. The zero-order valence-corrected chi connectivity index (χ0v) is 23.5. The molecule has 0 saturated heterocycles. The van der Waals surface area contributed by atoms with Crippen molar-refractivity contribution in [1.82, 2.24) is 9.66 Å². The summed E-state index contributed by atoms with van der Waals surface area (Å²) in [5.41, 5.74) is 3.87. The first-order valence-corrected chi connectivity index (χ1v) is 13.4. The number of hydrogen-bond acceptors (Lipinski definition) is 5. The Hall–Kier alpha value is -3.87. The van der Waals surface area contributed by atoms with Crippen molar-refractivity contribution in [2.24, 2.45) is 5.10 Å². The molecule has 0 amide bonds. The molecule has 0 aliphatic heterocycles. The standard InChI is InChI=1S/C31H27Cl2N3O3/c1-5-38-29-14-19(4)24(16-23(29)18(2)3)30-35-27-9-7-6-8-22(27)31(37)36(30)34-17-21-11-13-28(39-21)20-10-12-25(32)26(33)15-20/h6-18H,5H2,1-4H3. The Balaban J connectivity index is 1.64. The highest BCUT2D eigenvalue weighted by molar-refractivity contribution is 6.42. The SMILES string of the molecule is CCOc1cc(C)c(-c2nc3ccccc3c(=O)n2N=Cc2ccc(-c3ccc(Cl)c(Cl)c3)o2)cc1C(C)C. The second kappa shape index (κ2) is 11.1. The van der Waals surface area contributed by atoms with Gasteiger partial charge in [-0.3, -0.25) is 4.79 Å². The molecule has 2 aromatic heterocycles. The number of furan rings is 1. The van der Waals surface area contributed by atoms with Crippen LogP contribution in [0.2, 0.25) is 10.0 Å². The number of hydrogen-bond donors (Lipinski definition) is 0. The van der Waals surface area contributed by atoms with Crippen LogP contribution in [0, 0.1) is 6.92 Å². The van der Waals surface area contributed by atoms with Crippen molar-refractivity contribution in [1.29, 1.82) is 0 Å². The largest absolute Gasteiger partial charge is 0.494 e. The molecule has 0 saturated carbocycles. The topological polar surface area (TPSA) is 69.6 Å². The first kappa shape index (κ1) is 26.7. The molecule has 0 spiro atoms. The van der Waals surface area contributed by atoms with Gasteiger partial charge in [-0.15, -0.1) is 0 Å². The Morgan fingerprint density at radius 2 is 1.85 bits per heavy atom. The molecule has 6 nitrogen and oxygen atoms in total. The van der Waals surface area contributed by atoms with Crippen molar-refractivity contribution in [2.75, 3.05) is 6.61 Å². The molecule has 0 N–H and O–H groups in total. The lowest BCUT2D eigenvalue weighted by Crippen LogP contribution is -2.20. The zero-order valence-electron chi connectivity index (χ0n) is 22.0. The summed E-state index contributed by atoms with van der Waals surface area (Å²) in [6, 6.07) is 20.2. The first-order valence-electron chi connectivity index (χ1n) is 12.7. The minimum atomic E-state index is -0.275. The summed E-state index contributed by atoms with van der Waals surface area (Å²) >= 11 is 12.2. The van der Waals surface area contributed by atoms with Crippen LogP contribution < -0.4 is 10.3 Å². The molecule has 198 valence electrons. The Morgan fingerprint density at radius 1 is 1.05 bits per heavy atom. The predicted octanol–water partition coefficient (Wildman–Crippen LogP) is 8.34. The quantitative estimate of drug-likeness (QED) is 0.188. The lowest BCUT2D eigenvalue weighted by Gasteiger charge is -2.18. The van der Waals surface area contributed by atoms with E-state index < -0.39 is 0 Å². The normalized spacial score (nSPS) is 11.7. The number of aryl methyl sites for hydroxylation is 1. The van der Waals surface area contributed by atoms with Gasteiger partial charge >= 0.3 is 0 Å². The van der Waals surface area contributed by atoms with E-state index in [1.807, 2.05) is 56.3 Å². The van der Waals surface area contributed by atoms with Crippen LogP contribution in [-0.4, -0.2) is 22.5 Å². The summed E-state index contributed by atoms with van der Waals surface area (Å²) in [4.78, 5) is 18.5. The van der Waals surface area contributed by atoms with Crippen LogP contribution in [-0.2, 0) is 0 Å². The molecule has 8 heteroatoms. The Kier molecular flexibility index (Phi) is 7.60. The molecule has 0 aliphatic rings. The van der Waals surface area contributed by atoms with Crippen LogP contribution in [0.3, 0.4) is 0 Å². The summed E-state index contributed by atoms with van der Waals surface area (Å²) in [6.07, 6.45) is 1.51. The van der Waals surface area contributed by atoms with Crippen molar-refractivity contribution in [3.05, 3.63) is 104 Å². The van der Waals surface area contributed by atoms with Gasteiger partial charge in [0.2, 0.25) is 0 Å². The third-order valence-electron chi connectivity index (χ3n) is 6.40. The Labute approximate surface area is 236 Å². The van der Waals surface area contributed by atoms with Crippen LogP contribution >= 0.6 is 23.2 Å². The van der Waals surface area contributed by atoms with E-state index in [2.05, 4.69) is 18.9 Å². The summed E-state index contributed by atoms with van der Waals surface area (Å²) in [6.45, 7) is 8.73. The lowest BCUT2D eigenvalue weighted by atomic mass is 9.96. The van der Waals surface area contributed by atoms with E-state index in [1.165, 1.54) is 10.9 Å². The van der Waals surface area contributed by atoms with Gasteiger partial charge in [0.1, 0.15) is 17.3 Å². The lowest BCUT2D eigenvalue weighted by molar-refractivity contribution is 0.335. The van der Waals surface area contributed by atoms with Crippen molar-refractivity contribution >= 4 is 40.3 Å². The van der Waals surface area contributed by atoms with Gasteiger partial charge in [0, 0.05) is 11.1 Å². The monoisotopic (exact) mass is 559 g/mol. The van der Waals surface area contributed by atoms with Crippen molar-refractivity contribution in [3.63, 3.8) is 0 Å². The summed E-state index contributed by atoms with van der Waals surface area (Å²) < 4.78 is 13.2. The highest BCUT2D eigenvalue weighted by atomic mass is 35.5. The number of rotatable bonds is 7. The van der Waals surface area contributed by atoms with Crippen LogP contribution in [0.25, 0.3) is 33.6 Å². The van der Waals surface area contributed by atoms with Gasteiger partial charge < -0.3 is 9.15 Å². The number of para-hydroxylation sites is 1. The van der Waals surface area contributed by atoms with E-state index in [1.54, 1.807) is 24.3 Å². The van der Waals surface area contributed by atoms with Gasteiger partial charge in [0.15, 0.2) is 5.82 Å². The number of benzene rings is 3. The molecule has 3 aromatic carbocycles. The molecule has 39 heavy (non-hydrogen) atoms. The fourth-order valence-electron chi connectivity index (χ4n) is 4.42. The van der Waals surface area contributed by atoms with Gasteiger partial charge in [-0.25, -0.2) is 4.98 Å². The smallest absolute Gasteiger partial charge is 0.282 e. The second-order valence-electron chi connectivity index (χ2n) is 9.44. The molecule has 0 atom stereocenters. The molecular formula is C31H27Cl2N3O3. The molecular weight excluding hydrogens is 533 g/mol. The van der Waals surface area contributed by atoms with Gasteiger partial charge in [0.25, 0.3) is 5.56 Å². The maximum atomic E-state index is 13.7. The second-order valence-corrected chi connectivity index (χ2v) is 10.3. The fourth-order valence-corrected chi connectivity index (χ4v) is 4.72. The number of nitrogens with zero attached hydrogens (tertiary/aromatic N) is 3. The van der Waals surface area contributed by atoms with Crippen molar-refractivity contribution in [3.8, 4) is 28.5 Å². The highest BCUT2D eigenvalue weighted by Crippen LogP contribution is 2.34. The van der Waals surface area contributed by atoms with Crippen LogP contribution in [0.1, 0.15) is 43.6 Å². The highest BCUT2D eigenvalue weighted by Gasteiger charge is 2.18. The van der Waals surface area contributed by atoms with Crippen LogP contribution in [0.5, 0.6) is 5.75 Å². The van der Waals surface area contributed by atoms with Crippen molar-refractivity contribution in [2.45, 2.75) is 33.6 Å². The molecule has 0 aliphatic carbocycles. The van der Waals surface area contributed by atoms with Crippen LogP contribution in [0.4, 0.5) is 0 Å². The minimum Gasteiger partial charge on any atom is -0.494 e. The number of ether oxygens (including phenoxy) is 1. The predicted molar refractivity (Wildman–Crippen MR) is 159 cm³/mol. The van der Waals surface area contributed by atoms with Gasteiger partial charge in [-0.1, -0.05) is 49.2 Å². The van der Waals surface area contributed by atoms with Gasteiger partial charge in [0.05, 0.1) is 33.8 Å². The van der Waals surface area contributed by atoms with E-state index in [9.17, 15) is 4.79 Å². The molecule has 0 fully saturated rings. The van der Waals surface area contributed by atoms with E-state index in [0.717, 1.165) is 28.0 Å². The number of fused-ring (bicyclic) bond motifs is 1. The average molecular weight is 560 g/mol. The summed E-state index contributed by atoms with van der Waals surface area (Å²) in [7, 11) is 0. The van der Waals surface area contributed by atoms with Crippen molar-refractivity contribution < 1.29 is 9.15 Å². The first-order chi connectivity index (χ1) is 18.8. The molecule has 0 radical (unpaired) electrons. The molecule has 0 unspecified atom stereocenters. The van der Waals surface area contributed by atoms with Gasteiger partial charge in [-0.2, -0.15) is 9.78 Å².